The van der Waals surface area contributed by atoms with Crippen LogP contribution in [0.2, 0.25) is 0 Å². The van der Waals surface area contributed by atoms with Crippen LogP contribution in [0.15, 0.2) is 0 Å². The molecule has 0 saturated carbocycles. The van der Waals surface area contributed by atoms with Crippen molar-refractivity contribution in [1.82, 2.24) is 0 Å². The smallest absolute Gasteiger partial charge is 0.0417 e. The van der Waals surface area contributed by atoms with Crippen molar-refractivity contribution < 1.29 is 0 Å². The van der Waals surface area contributed by atoms with Crippen molar-refractivity contribution in [3.63, 3.8) is 0 Å². The molecule has 0 amide bonds. The fourth-order valence-corrected chi connectivity index (χ4v) is 3.51. The molecule has 0 nitrogen and oxygen atoms in total. The second kappa shape index (κ2) is 19.0. The summed E-state index contributed by atoms with van der Waals surface area (Å²) in [5.74, 6) is 1.02. The summed E-state index contributed by atoms with van der Waals surface area (Å²) < 4.78 is 0. The third-order valence-corrected chi connectivity index (χ3v) is 5.26. The van der Waals surface area contributed by atoms with Gasteiger partial charge in [0.25, 0.3) is 0 Å². The molecule has 0 fully saturated rings. The Morgan fingerprint density at radius 3 is 1.14 bits per heavy atom. The van der Waals surface area contributed by atoms with Crippen LogP contribution in [0.1, 0.15) is 136 Å². The van der Waals surface area contributed by atoms with E-state index in [0.29, 0.717) is 0 Å². The van der Waals surface area contributed by atoms with Crippen molar-refractivity contribution in [1.29, 1.82) is 0 Å². The molecule has 0 saturated heterocycles. The molecule has 0 heterocycles. The Bertz CT molecular complexity index is 184. The van der Waals surface area contributed by atoms with Gasteiger partial charge in [-0.05, 0) is 5.92 Å². The summed E-state index contributed by atoms with van der Waals surface area (Å²) >= 11 is 0. The van der Waals surface area contributed by atoms with Crippen LogP contribution < -0.4 is 0 Å². The predicted octanol–water partition coefficient (Wildman–Crippen LogP) is 8.68. The van der Waals surface area contributed by atoms with Crippen LogP contribution in [-0.2, 0) is 0 Å². The molecule has 0 bridgehead atoms. The highest BCUT2D eigenvalue weighted by atomic mass is 14.1. The van der Waals surface area contributed by atoms with Crippen LogP contribution in [0.25, 0.3) is 0 Å². The molecule has 0 aromatic carbocycles. The quantitative estimate of drug-likeness (QED) is 0.222. The summed E-state index contributed by atoms with van der Waals surface area (Å²) in [6.45, 7) is 7.00. The van der Waals surface area contributed by atoms with E-state index in [0.717, 1.165) is 5.92 Å². The van der Waals surface area contributed by atoms with Gasteiger partial charge >= 0.3 is 0 Å². The van der Waals surface area contributed by atoms with Crippen molar-refractivity contribution in [2.45, 2.75) is 136 Å². The minimum absolute atomic E-state index is 1.02. The molecule has 1 unspecified atom stereocenters. The summed E-state index contributed by atoms with van der Waals surface area (Å²) in [6, 6.07) is 0. The molecule has 1 atom stereocenters. The van der Waals surface area contributed by atoms with Gasteiger partial charge in [0.05, 0.1) is 0 Å². The number of rotatable bonds is 18. The summed E-state index contributed by atoms with van der Waals surface area (Å²) in [6.07, 6.45) is 26.3. The lowest BCUT2D eigenvalue weighted by Gasteiger charge is -2.14. The second-order valence-electron chi connectivity index (χ2n) is 7.45. The Labute approximate surface area is 142 Å². The molecule has 0 aromatic heterocycles. The van der Waals surface area contributed by atoms with Gasteiger partial charge in [-0.25, -0.2) is 0 Å². The summed E-state index contributed by atoms with van der Waals surface area (Å²) in [7, 11) is 0. The molecule has 0 aromatic rings. The van der Waals surface area contributed by atoms with Crippen molar-refractivity contribution in [2.75, 3.05) is 0 Å². The maximum Gasteiger partial charge on any atom is -0.0417 e. The highest BCUT2D eigenvalue weighted by Gasteiger charge is 2.05. The Balaban J connectivity index is 3.18. The SMILES string of the molecule is CCCCCCCCCCCCCCC(CC)CCCCC. The van der Waals surface area contributed by atoms with Gasteiger partial charge < -0.3 is 0 Å². The number of hydrogen-bond donors (Lipinski definition) is 0. The largest absolute Gasteiger partial charge is 0.0654 e. The first-order valence-electron chi connectivity index (χ1n) is 10.8. The van der Waals surface area contributed by atoms with E-state index in [4.69, 9.17) is 0 Å². The van der Waals surface area contributed by atoms with E-state index in [1.807, 2.05) is 0 Å². The first kappa shape index (κ1) is 22.0. The van der Waals surface area contributed by atoms with Crippen LogP contribution in [0.5, 0.6) is 0 Å². The van der Waals surface area contributed by atoms with Crippen molar-refractivity contribution >= 4 is 0 Å². The first-order valence-corrected chi connectivity index (χ1v) is 10.8. The monoisotopic (exact) mass is 310 g/mol. The van der Waals surface area contributed by atoms with Gasteiger partial charge in [-0.2, -0.15) is 0 Å². The van der Waals surface area contributed by atoms with Crippen LogP contribution in [0, 0.1) is 5.92 Å². The van der Waals surface area contributed by atoms with Crippen LogP contribution in [0.3, 0.4) is 0 Å². The minimum Gasteiger partial charge on any atom is -0.0654 e. The Kier molecular flexibility index (Phi) is 19.0. The molecule has 0 rings (SSSR count). The second-order valence-corrected chi connectivity index (χ2v) is 7.45. The molecule has 0 aliphatic heterocycles. The lowest BCUT2D eigenvalue weighted by Crippen LogP contribution is -1.99. The molecule has 0 heteroatoms. The van der Waals surface area contributed by atoms with Crippen molar-refractivity contribution in [2.24, 2.45) is 5.92 Å². The maximum absolute atomic E-state index is 2.39. The van der Waals surface area contributed by atoms with Crippen LogP contribution in [-0.4, -0.2) is 0 Å². The summed E-state index contributed by atoms with van der Waals surface area (Å²) in [5.41, 5.74) is 0. The molecule has 0 aliphatic carbocycles. The van der Waals surface area contributed by atoms with Gasteiger partial charge in [0.15, 0.2) is 0 Å². The molecular formula is C22H46. The molecular weight excluding hydrogens is 264 g/mol. The van der Waals surface area contributed by atoms with E-state index >= 15 is 0 Å². The normalized spacial score (nSPS) is 12.7. The zero-order valence-corrected chi connectivity index (χ0v) is 16.3. The van der Waals surface area contributed by atoms with E-state index in [9.17, 15) is 0 Å². The molecule has 0 aliphatic rings. The highest BCUT2D eigenvalue weighted by Crippen LogP contribution is 2.21. The van der Waals surface area contributed by atoms with Crippen molar-refractivity contribution in [3.8, 4) is 0 Å². The lowest BCUT2D eigenvalue weighted by molar-refractivity contribution is 0.395. The molecule has 134 valence electrons. The minimum atomic E-state index is 1.02. The molecule has 0 radical (unpaired) electrons. The topological polar surface area (TPSA) is 0 Å². The zero-order valence-electron chi connectivity index (χ0n) is 16.3. The fraction of sp³-hybridized carbons (Fsp3) is 1.00. The zero-order chi connectivity index (χ0) is 16.3. The van der Waals surface area contributed by atoms with E-state index in [2.05, 4.69) is 20.8 Å². The maximum atomic E-state index is 2.39. The third-order valence-electron chi connectivity index (χ3n) is 5.26. The highest BCUT2D eigenvalue weighted by molar-refractivity contribution is 4.58. The van der Waals surface area contributed by atoms with Gasteiger partial charge in [0, 0.05) is 0 Å². The number of unbranched alkanes of at least 4 members (excludes halogenated alkanes) is 13. The van der Waals surface area contributed by atoms with Gasteiger partial charge in [-0.3, -0.25) is 0 Å². The van der Waals surface area contributed by atoms with Gasteiger partial charge in [-0.15, -0.1) is 0 Å². The van der Waals surface area contributed by atoms with E-state index in [1.165, 1.54) is 116 Å². The molecule has 0 spiro atoms. The van der Waals surface area contributed by atoms with Crippen LogP contribution >= 0.6 is 0 Å². The van der Waals surface area contributed by atoms with Gasteiger partial charge in [-0.1, -0.05) is 136 Å². The first-order chi connectivity index (χ1) is 10.8. The fourth-order valence-electron chi connectivity index (χ4n) is 3.51. The average molecular weight is 311 g/mol. The Morgan fingerprint density at radius 1 is 0.409 bits per heavy atom. The predicted molar refractivity (Wildman–Crippen MR) is 104 cm³/mol. The third kappa shape index (κ3) is 16.4. The van der Waals surface area contributed by atoms with E-state index in [-0.39, 0.29) is 0 Å². The Hall–Kier alpha value is 0. The van der Waals surface area contributed by atoms with E-state index in [1.54, 1.807) is 0 Å². The summed E-state index contributed by atoms with van der Waals surface area (Å²) in [4.78, 5) is 0. The number of hydrogen-bond acceptors (Lipinski definition) is 0. The summed E-state index contributed by atoms with van der Waals surface area (Å²) in [5, 5.41) is 0. The molecule has 22 heavy (non-hydrogen) atoms. The van der Waals surface area contributed by atoms with Crippen LogP contribution in [0.4, 0.5) is 0 Å². The van der Waals surface area contributed by atoms with Gasteiger partial charge in [0.2, 0.25) is 0 Å². The molecule has 0 N–H and O–H groups in total. The average Bonchev–Trinajstić information content (AvgIpc) is 2.54. The standard InChI is InChI=1S/C22H46/c1-4-7-9-10-11-12-13-14-15-16-17-19-21-22(6-3)20-18-8-5-2/h22H,4-21H2,1-3H3. The van der Waals surface area contributed by atoms with Gasteiger partial charge in [0.1, 0.15) is 0 Å². The Morgan fingerprint density at radius 2 is 0.727 bits per heavy atom. The van der Waals surface area contributed by atoms with E-state index < -0.39 is 0 Å². The van der Waals surface area contributed by atoms with Crippen molar-refractivity contribution in [3.05, 3.63) is 0 Å². The lowest BCUT2D eigenvalue weighted by atomic mass is 9.92.